The highest BCUT2D eigenvalue weighted by molar-refractivity contribution is 9.13. The predicted octanol–water partition coefficient (Wildman–Crippen LogP) is 4.52. The van der Waals surface area contributed by atoms with Crippen molar-refractivity contribution in [3.05, 3.63) is 50.2 Å². The first-order chi connectivity index (χ1) is 9.11. The summed E-state index contributed by atoms with van der Waals surface area (Å²) in [5.74, 6) is 0.106. The van der Waals surface area contributed by atoms with Crippen LogP contribution in [0.25, 0.3) is 0 Å². The second kappa shape index (κ2) is 5.11. The van der Waals surface area contributed by atoms with Crippen LogP contribution in [0, 0.1) is 0 Å². The lowest BCUT2D eigenvalue weighted by molar-refractivity contribution is 0.103. The molecule has 0 spiro atoms. The maximum absolute atomic E-state index is 12.7. The summed E-state index contributed by atoms with van der Waals surface area (Å²) in [6, 6.07) is 8.07. The van der Waals surface area contributed by atoms with Crippen molar-refractivity contribution in [2.24, 2.45) is 0 Å². The van der Waals surface area contributed by atoms with Gasteiger partial charge in [-0.05, 0) is 68.3 Å². The van der Waals surface area contributed by atoms with E-state index in [2.05, 4.69) is 44.0 Å². The second-order valence-electron chi connectivity index (χ2n) is 4.42. The average Bonchev–Trinajstić information content (AvgIpc) is 2.63. The molecule has 0 fully saturated rings. The average molecular weight is 401 g/mol. The maximum Gasteiger partial charge on any atom is 0.209 e. The van der Waals surface area contributed by atoms with Crippen LogP contribution in [0.3, 0.4) is 0 Å². The Morgan fingerprint density at radius 3 is 2.79 bits per heavy atom. The lowest BCUT2D eigenvalue weighted by atomic mass is 10.0. The Morgan fingerprint density at radius 1 is 1.26 bits per heavy atom. The first kappa shape index (κ1) is 13.5. The summed E-state index contributed by atoms with van der Waals surface area (Å²) in [6.45, 7) is 0.818. The van der Waals surface area contributed by atoms with E-state index in [1.165, 1.54) is 0 Å². The molecule has 0 unspecified atom stereocenters. The third-order valence-corrected chi connectivity index (χ3v) is 6.10. The second-order valence-corrected chi connectivity index (χ2v) is 6.91. The molecule has 2 aromatic rings. The lowest BCUT2D eigenvalue weighted by Gasteiger charge is -2.05. The summed E-state index contributed by atoms with van der Waals surface area (Å²) in [4.78, 5) is 13.8. The minimum atomic E-state index is 0.106. The van der Waals surface area contributed by atoms with Gasteiger partial charge in [-0.3, -0.25) is 4.79 Å². The van der Waals surface area contributed by atoms with Gasteiger partial charge < -0.3 is 4.57 Å². The van der Waals surface area contributed by atoms with Gasteiger partial charge in [-0.25, -0.2) is 0 Å². The normalized spacial score (nSPS) is 13.9. The van der Waals surface area contributed by atoms with Crippen LogP contribution in [0.15, 0.2) is 38.2 Å². The van der Waals surface area contributed by atoms with Crippen molar-refractivity contribution in [3.8, 4) is 0 Å². The zero-order chi connectivity index (χ0) is 13.6. The molecule has 2 heterocycles. The van der Waals surface area contributed by atoms with Crippen LogP contribution in [0.5, 0.6) is 0 Å². The van der Waals surface area contributed by atoms with Crippen LogP contribution in [-0.4, -0.2) is 16.6 Å². The standard InChI is InChI=1S/C14H11Br2NOS/c1-19-9-3-2-8-4-5-17-12(7-11(15)14(17)16)13(18)10(8)6-9/h2-3,6-7H,4-5H2,1H3. The van der Waals surface area contributed by atoms with Crippen LogP contribution in [0.4, 0.5) is 0 Å². The zero-order valence-electron chi connectivity index (χ0n) is 10.2. The van der Waals surface area contributed by atoms with Crippen LogP contribution in [0.2, 0.25) is 0 Å². The number of hydrogen-bond acceptors (Lipinski definition) is 2. The number of fused-ring (bicyclic) bond motifs is 2. The first-order valence-corrected chi connectivity index (χ1v) is 8.69. The van der Waals surface area contributed by atoms with Crippen molar-refractivity contribution < 1.29 is 4.79 Å². The molecular formula is C14H11Br2NOS. The van der Waals surface area contributed by atoms with Crippen LogP contribution in [0.1, 0.15) is 21.6 Å². The molecule has 0 N–H and O–H groups in total. The summed E-state index contributed by atoms with van der Waals surface area (Å²) in [5, 5.41) is 0. The highest BCUT2D eigenvalue weighted by Gasteiger charge is 2.24. The molecule has 3 rings (SSSR count). The van der Waals surface area contributed by atoms with Crippen molar-refractivity contribution in [1.82, 2.24) is 4.57 Å². The number of halogens is 2. The minimum Gasteiger partial charge on any atom is -0.331 e. The number of carbonyl (C=O) groups excluding carboxylic acids is 1. The molecule has 0 saturated carbocycles. The molecule has 0 radical (unpaired) electrons. The SMILES string of the molecule is CSc1ccc2c(c1)C(=O)c1cc(Br)c(Br)n1CC2. The fourth-order valence-corrected chi connectivity index (χ4v) is 3.73. The van der Waals surface area contributed by atoms with Gasteiger partial charge in [0.25, 0.3) is 0 Å². The molecule has 2 nitrogen and oxygen atoms in total. The number of thioether (sulfide) groups is 1. The van der Waals surface area contributed by atoms with E-state index >= 15 is 0 Å². The summed E-state index contributed by atoms with van der Waals surface area (Å²) in [6.07, 6.45) is 2.90. The summed E-state index contributed by atoms with van der Waals surface area (Å²) < 4.78 is 3.90. The Labute approximate surface area is 132 Å². The van der Waals surface area contributed by atoms with E-state index in [-0.39, 0.29) is 5.78 Å². The molecule has 0 bridgehead atoms. The van der Waals surface area contributed by atoms with Gasteiger partial charge in [-0.1, -0.05) is 6.07 Å². The zero-order valence-corrected chi connectivity index (χ0v) is 14.2. The molecular weight excluding hydrogens is 390 g/mol. The first-order valence-electron chi connectivity index (χ1n) is 5.88. The number of aryl methyl sites for hydroxylation is 1. The van der Waals surface area contributed by atoms with E-state index in [1.54, 1.807) is 11.8 Å². The number of ketones is 1. The number of rotatable bonds is 1. The van der Waals surface area contributed by atoms with Crippen molar-refractivity contribution >= 4 is 49.4 Å². The molecule has 1 aromatic carbocycles. The van der Waals surface area contributed by atoms with Gasteiger partial charge in [0.1, 0.15) is 0 Å². The van der Waals surface area contributed by atoms with E-state index in [0.717, 1.165) is 43.8 Å². The molecule has 0 amide bonds. The Kier molecular flexibility index (Phi) is 3.62. The molecule has 1 aliphatic heterocycles. The van der Waals surface area contributed by atoms with Gasteiger partial charge in [0.15, 0.2) is 0 Å². The highest BCUT2D eigenvalue weighted by Crippen LogP contribution is 2.32. The number of aromatic nitrogens is 1. The fourth-order valence-electron chi connectivity index (χ4n) is 2.38. The van der Waals surface area contributed by atoms with Gasteiger partial charge in [-0.15, -0.1) is 11.8 Å². The Balaban J connectivity index is 2.18. The number of nitrogens with zero attached hydrogens (tertiary/aromatic N) is 1. The van der Waals surface area contributed by atoms with Gasteiger partial charge in [0, 0.05) is 17.0 Å². The van der Waals surface area contributed by atoms with Crippen LogP contribution >= 0.6 is 43.6 Å². The van der Waals surface area contributed by atoms with Gasteiger partial charge in [0.2, 0.25) is 5.78 Å². The Bertz CT molecular complexity index is 678. The van der Waals surface area contributed by atoms with Crippen molar-refractivity contribution in [2.75, 3.05) is 6.26 Å². The molecule has 19 heavy (non-hydrogen) atoms. The van der Waals surface area contributed by atoms with E-state index in [0.29, 0.717) is 0 Å². The lowest BCUT2D eigenvalue weighted by Crippen LogP contribution is -2.07. The van der Waals surface area contributed by atoms with E-state index in [4.69, 9.17) is 0 Å². The van der Waals surface area contributed by atoms with Crippen LogP contribution in [-0.2, 0) is 13.0 Å². The summed E-state index contributed by atoms with van der Waals surface area (Å²) in [5.41, 5.74) is 2.72. The van der Waals surface area contributed by atoms with Crippen LogP contribution < -0.4 is 0 Å². The van der Waals surface area contributed by atoms with E-state index in [9.17, 15) is 4.79 Å². The molecule has 0 atom stereocenters. The molecule has 1 aromatic heterocycles. The Hall–Kier alpha value is -0.520. The van der Waals surface area contributed by atoms with Gasteiger partial charge >= 0.3 is 0 Å². The summed E-state index contributed by atoms with van der Waals surface area (Å²) in [7, 11) is 0. The van der Waals surface area contributed by atoms with Crippen molar-refractivity contribution in [2.45, 2.75) is 17.9 Å². The smallest absolute Gasteiger partial charge is 0.209 e. The molecule has 0 saturated heterocycles. The number of carbonyl (C=O) groups is 1. The van der Waals surface area contributed by atoms with Crippen molar-refractivity contribution in [1.29, 1.82) is 0 Å². The van der Waals surface area contributed by atoms with E-state index in [1.807, 2.05) is 23.0 Å². The highest BCUT2D eigenvalue weighted by atomic mass is 79.9. The number of benzene rings is 1. The van der Waals surface area contributed by atoms with Gasteiger partial charge in [0.05, 0.1) is 14.8 Å². The maximum atomic E-state index is 12.7. The minimum absolute atomic E-state index is 0.106. The van der Waals surface area contributed by atoms with Crippen molar-refractivity contribution in [3.63, 3.8) is 0 Å². The third kappa shape index (κ3) is 2.22. The molecule has 98 valence electrons. The van der Waals surface area contributed by atoms with Gasteiger partial charge in [-0.2, -0.15) is 0 Å². The number of hydrogen-bond donors (Lipinski definition) is 0. The molecule has 1 aliphatic rings. The third-order valence-electron chi connectivity index (χ3n) is 3.39. The largest absolute Gasteiger partial charge is 0.331 e. The topological polar surface area (TPSA) is 22.0 Å². The van der Waals surface area contributed by atoms with E-state index < -0.39 is 0 Å². The molecule has 0 aliphatic carbocycles. The Morgan fingerprint density at radius 2 is 2.05 bits per heavy atom. The predicted molar refractivity (Wildman–Crippen MR) is 85.2 cm³/mol. The summed E-state index contributed by atoms with van der Waals surface area (Å²) >= 11 is 8.67. The quantitative estimate of drug-likeness (QED) is 0.656. The molecule has 5 heteroatoms. The fraction of sp³-hybridized carbons (Fsp3) is 0.214. The monoisotopic (exact) mass is 399 g/mol.